The molecule has 0 bridgehead atoms. The molecule has 1 heterocycles. The van der Waals surface area contributed by atoms with Crippen molar-refractivity contribution in [3.05, 3.63) is 67.0 Å². The van der Waals surface area contributed by atoms with Crippen molar-refractivity contribution in [3.63, 3.8) is 0 Å². The standard InChI is InChI=1S/C11H16N.C6H4.ClH/c1-3-7-11-8-5-6-10-12(11)9-4-2;1-2-6-4-3-5(1)6;/h4-6,8,10H,2-3,7,9H2,1H3;1-4H;1H/q+1;;/p-1. The van der Waals surface area contributed by atoms with E-state index in [1.54, 1.807) is 0 Å². The van der Waals surface area contributed by atoms with Gasteiger partial charge in [0.25, 0.3) is 0 Å². The normalized spacial score (nSPS) is 9.74. The number of benzene rings is 1. The fourth-order valence-corrected chi connectivity index (χ4v) is 1.97. The van der Waals surface area contributed by atoms with E-state index in [1.165, 1.54) is 23.2 Å². The molecule has 0 spiro atoms. The quantitative estimate of drug-likeness (QED) is 0.489. The minimum absolute atomic E-state index is 0. The van der Waals surface area contributed by atoms with Crippen molar-refractivity contribution in [1.82, 2.24) is 0 Å². The van der Waals surface area contributed by atoms with E-state index in [0.717, 1.165) is 13.0 Å². The summed E-state index contributed by atoms with van der Waals surface area (Å²) in [5, 5.41) is 0. The molecule has 0 fully saturated rings. The minimum atomic E-state index is 0. The number of aryl methyl sites for hydroxylation is 1. The van der Waals surface area contributed by atoms with Crippen LogP contribution in [0, 0.1) is 0 Å². The number of fused-ring (bicyclic) bond motifs is 1. The number of halogens is 1. The Morgan fingerprint density at radius 2 is 1.68 bits per heavy atom. The molecule has 0 radical (unpaired) electrons. The van der Waals surface area contributed by atoms with Gasteiger partial charge in [-0.3, -0.25) is 0 Å². The second-order valence-electron chi connectivity index (χ2n) is 4.46. The van der Waals surface area contributed by atoms with Gasteiger partial charge in [0.1, 0.15) is 0 Å². The van der Waals surface area contributed by atoms with Crippen LogP contribution >= 0.6 is 0 Å². The van der Waals surface area contributed by atoms with Crippen LogP contribution in [0.25, 0.3) is 11.1 Å². The van der Waals surface area contributed by atoms with Gasteiger partial charge in [-0.25, -0.2) is 0 Å². The Kier molecular flexibility index (Phi) is 6.31. The number of nitrogens with zero attached hydrogens (tertiary/aromatic N) is 1. The second kappa shape index (κ2) is 7.75. The van der Waals surface area contributed by atoms with Crippen LogP contribution in [-0.2, 0) is 13.0 Å². The van der Waals surface area contributed by atoms with Gasteiger partial charge in [0.05, 0.1) is 0 Å². The summed E-state index contributed by atoms with van der Waals surface area (Å²) in [4.78, 5) is 0. The molecule has 1 nitrogen and oxygen atoms in total. The lowest BCUT2D eigenvalue weighted by Crippen LogP contribution is -3.00. The van der Waals surface area contributed by atoms with Crippen LogP contribution in [-0.4, -0.2) is 0 Å². The first-order valence-corrected chi connectivity index (χ1v) is 6.54. The molecular weight excluding hydrogens is 254 g/mol. The molecule has 19 heavy (non-hydrogen) atoms. The topological polar surface area (TPSA) is 3.88 Å². The van der Waals surface area contributed by atoms with Gasteiger partial charge in [0.2, 0.25) is 0 Å². The Balaban J connectivity index is 0.000000214. The molecule has 0 unspecified atom stereocenters. The van der Waals surface area contributed by atoms with Crippen LogP contribution < -0.4 is 17.0 Å². The summed E-state index contributed by atoms with van der Waals surface area (Å²) in [6.45, 7) is 6.85. The number of rotatable bonds is 4. The fourth-order valence-electron chi connectivity index (χ4n) is 1.97. The zero-order valence-electron chi connectivity index (χ0n) is 11.3. The van der Waals surface area contributed by atoms with E-state index in [-0.39, 0.29) is 12.4 Å². The van der Waals surface area contributed by atoms with Crippen molar-refractivity contribution in [2.24, 2.45) is 0 Å². The predicted molar refractivity (Wildman–Crippen MR) is 76.3 cm³/mol. The zero-order chi connectivity index (χ0) is 12.8. The molecule has 3 rings (SSSR count). The highest BCUT2D eigenvalue weighted by Crippen LogP contribution is 2.29. The van der Waals surface area contributed by atoms with Gasteiger partial charge in [-0.2, -0.15) is 4.57 Å². The second-order valence-corrected chi connectivity index (χ2v) is 4.46. The largest absolute Gasteiger partial charge is 1.00 e. The van der Waals surface area contributed by atoms with E-state index in [9.17, 15) is 0 Å². The molecule has 0 aromatic carbocycles. The Morgan fingerprint density at radius 3 is 2.11 bits per heavy atom. The minimum Gasteiger partial charge on any atom is -1.00 e. The number of hydrogen-bond donors (Lipinski definition) is 0. The maximum absolute atomic E-state index is 3.74. The van der Waals surface area contributed by atoms with Gasteiger partial charge in [0.15, 0.2) is 18.4 Å². The molecular formula is C17H20ClN. The Morgan fingerprint density at radius 1 is 1.05 bits per heavy atom. The lowest BCUT2D eigenvalue weighted by atomic mass is 9.95. The number of allylic oxidation sites excluding steroid dienone is 1. The third-order valence-electron chi connectivity index (χ3n) is 3.08. The summed E-state index contributed by atoms with van der Waals surface area (Å²) in [5.74, 6) is 0. The molecule has 0 saturated heterocycles. The zero-order valence-corrected chi connectivity index (χ0v) is 12.1. The van der Waals surface area contributed by atoms with E-state index in [4.69, 9.17) is 0 Å². The first kappa shape index (κ1) is 15.5. The molecule has 100 valence electrons. The van der Waals surface area contributed by atoms with Crippen molar-refractivity contribution in [2.75, 3.05) is 0 Å². The summed E-state index contributed by atoms with van der Waals surface area (Å²) in [5.41, 5.74) is 4.24. The van der Waals surface area contributed by atoms with Crippen molar-refractivity contribution >= 4 is 0 Å². The van der Waals surface area contributed by atoms with Crippen LogP contribution in [0.1, 0.15) is 19.0 Å². The van der Waals surface area contributed by atoms with Crippen LogP contribution in [0.4, 0.5) is 0 Å². The van der Waals surface area contributed by atoms with E-state index < -0.39 is 0 Å². The molecule has 2 heteroatoms. The van der Waals surface area contributed by atoms with Crippen LogP contribution in [0.3, 0.4) is 0 Å². The summed E-state index contributed by atoms with van der Waals surface area (Å²) < 4.78 is 2.23. The SMILES string of the molecule is C=CC[n+]1ccccc1CCC.[Cl-].c1cc2ccc1-2. The Bertz CT molecular complexity index is 496. The third kappa shape index (κ3) is 3.93. The lowest BCUT2D eigenvalue weighted by molar-refractivity contribution is -0.694. The summed E-state index contributed by atoms with van der Waals surface area (Å²) in [7, 11) is 0. The number of pyridine rings is 1. The highest BCUT2D eigenvalue weighted by molar-refractivity contribution is 5.75. The average Bonchev–Trinajstić information content (AvgIpc) is 2.37. The highest BCUT2D eigenvalue weighted by Gasteiger charge is 2.05. The molecule has 1 aromatic rings. The predicted octanol–water partition coefficient (Wildman–Crippen LogP) is 0.784. The van der Waals surface area contributed by atoms with Crippen molar-refractivity contribution in [2.45, 2.75) is 26.3 Å². The Hall–Kier alpha value is -1.60. The molecule has 0 aliphatic heterocycles. The van der Waals surface area contributed by atoms with E-state index >= 15 is 0 Å². The first-order chi connectivity index (χ1) is 8.85. The van der Waals surface area contributed by atoms with Gasteiger partial charge in [-0.05, 0) is 23.6 Å². The average molecular weight is 274 g/mol. The third-order valence-corrected chi connectivity index (χ3v) is 3.08. The van der Waals surface area contributed by atoms with Crippen LogP contribution in [0.15, 0.2) is 61.3 Å². The maximum Gasteiger partial charge on any atom is 0.181 e. The van der Waals surface area contributed by atoms with E-state index in [2.05, 4.69) is 66.7 Å². The molecule has 1 aromatic heterocycles. The van der Waals surface area contributed by atoms with Gasteiger partial charge in [-0.15, -0.1) is 0 Å². The van der Waals surface area contributed by atoms with Crippen molar-refractivity contribution in [1.29, 1.82) is 0 Å². The van der Waals surface area contributed by atoms with Gasteiger partial charge in [-0.1, -0.05) is 43.8 Å². The van der Waals surface area contributed by atoms with E-state index in [1.807, 2.05) is 6.08 Å². The summed E-state index contributed by atoms with van der Waals surface area (Å²) >= 11 is 0. The highest BCUT2D eigenvalue weighted by atomic mass is 35.5. The van der Waals surface area contributed by atoms with Crippen molar-refractivity contribution in [3.8, 4) is 11.1 Å². The molecule has 2 aliphatic rings. The smallest absolute Gasteiger partial charge is 0.181 e. The molecule has 0 atom stereocenters. The maximum atomic E-state index is 3.74. The van der Waals surface area contributed by atoms with Gasteiger partial charge < -0.3 is 12.4 Å². The molecule has 0 saturated carbocycles. The summed E-state index contributed by atoms with van der Waals surface area (Å²) in [6, 6.07) is 14.8. The number of aromatic nitrogens is 1. The lowest BCUT2D eigenvalue weighted by Gasteiger charge is -2.10. The fraction of sp³-hybridized carbons (Fsp3) is 0.235. The van der Waals surface area contributed by atoms with Crippen LogP contribution in [0.2, 0.25) is 0 Å². The van der Waals surface area contributed by atoms with Crippen LogP contribution in [0.5, 0.6) is 0 Å². The first-order valence-electron chi connectivity index (χ1n) is 6.54. The summed E-state index contributed by atoms with van der Waals surface area (Å²) in [6.07, 6.45) is 6.38. The molecule has 0 N–H and O–H groups in total. The van der Waals surface area contributed by atoms with Gasteiger partial charge in [0, 0.05) is 18.6 Å². The molecule has 2 aliphatic carbocycles. The van der Waals surface area contributed by atoms with E-state index in [0.29, 0.717) is 0 Å². The monoisotopic (exact) mass is 273 g/mol. The van der Waals surface area contributed by atoms with Gasteiger partial charge >= 0.3 is 0 Å². The Labute approximate surface area is 122 Å². The van der Waals surface area contributed by atoms with Crippen molar-refractivity contribution < 1.29 is 17.0 Å². The number of hydrogen-bond acceptors (Lipinski definition) is 0. The molecule has 0 amide bonds.